The molecule has 0 radical (unpaired) electrons. The minimum absolute atomic E-state index is 0.0332. The molecule has 1 saturated heterocycles. The Morgan fingerprint density at radius 2 is 2.02 bits per heavy atom. The summed E-state index contributed by atoms with van der Waals surface area (Å²) in [5.41, 5.74) is 7.70. The van der Waals surface area contributed by atoms with Crippen LogP contribution in [0.3, 0.4) is 0 Å². The monoisotopic (exact) mass is 668 g/mol. The van der Waals surface area contributed by atoms with Gasteiger partial charge in [-0.1, -0.05) is 6.07 Å². The standard InChI is InChI=1S/C30H37BrN8O3S/c1-7-43(41,42)38-14-11-21(17-38)33-27-23(31)16-32-30-28(27)35-29(36-30)22-15-18(2)39(20(22)4)25-10-8-9-24(19(25)3)34-26(40)12-13-37(5)6/h8-10,12-13,15-16,21H,7,11,14,17H2,1-6H3,(H,34,40)(H2,32,33,35,36)/t21-/m0/s1. The van der Waals surface area contributed by atoms with Crippen LogP contribution in [0.1, 0.15) is 30.3 Å². The van der Waals surface area contributed by atoms with Crippen LogP contribution >= 0.6 is 15.9 Å². The van der Waals surface area contributed by atoms with Crippen LogP contribution < -0.4 is 10.6 Å². The van der Waals surface area contributed by atoms with Gasteiger partial charge in [-0.05, 0) is 73.8 Å². The van der Waals surface area contributed by atoms with Crippen molar-refractivity contribution in [2.75, 3.05) is 43.6 Å². The van der Waals surface area contributed by atoms with Crippen molar-refractivity contribution in [1.82, 2.24) is 28.7 Å². The lowest BCUT2D eigenvalue weighted by molar-refractivity contribution is -0.112. The third-order valence-corrected chi connectivity index (χ3v) is 10.2. The van der Waals surface area contributed by atoms with Gasteiger partial charge < -0.3 is 25.1 Å². The first kappa shape index (κ1) is 30.8. The number of amides is 1. The van der Waals surface area contributed by atoms with Crippen molar-refractivity contribution in [1.29, 1.82) is 0 Å². The average molecular weight is 670 g/mol. The number of H-pyrrole nitrogens is 1. The Morgan fingerprint density at radius 3 is 2.74 bits per heavy atom. The molecular formula is C30H37BrN8O3S. The van der Waals surface area contributed by atoms with Crippen LogP contribution in [0, 0.1) is 20.8 Å². The number of imidazole rings is 1. The number of aryl methyl sites for hydroxylation is 1. The van der Waals surface area contributed by atoms with E-state index >= 15 is 0 Å². The van der Waals surface area contributed by atoms with Crippen molar-refractivity contribution in [2.24, 2.45) is 0 Å². The summed E-state index contributed by atoms with van der Waals surface area (Å²) in [6.07, 6.45) is 5.64. The van der Waals surface area contributed by atoms with E-state index in [1.807, 2.05) is 58.0 Å². The summed E-state index contributed by atoms with van der Waals surface area (Å²) >= 11 is 3.62. The third kappa shape index (κ3) is 6.20. The second kappa shape index (κ2) is 12.1. The molecule has 43 heavy (non-hydrogen) atoms. The van der Waals surface area contributed by atoms with E-state index in [9.17, 15) is 13.2 Å². The largest absolute Gasteiger partial charge is 0.383 e. The molecule has 1 aromatic carbocycles. The topological polar surface area (TPSA) is 128 Å². The number of carbonyl (C=O) groups is 1. The molecule has 0 unspecified atom stereocenters. The number of hydrogen-bond acceptors (Lipinski definition) is 7. The third-order valence-electron chi connectivity index (χ3n) is 7.75. The summed E-state index contributed by atoms with van der Waals surface area (Å²) in [5.74, 6) is 0.580. The smallest absolute Gasteiger partial charge is 0.249 e. The molecule has 1 aliphatic rings. The van der Waals surface area contributed by atoms with Gasteiger partial charge in [0.25, 0.3) is 0 Å². The van der Waals surface area contributed by atoms with Gasteiger partial charge in [0.15, 0.2) is 5.65 Å². The van der Waals surface area contributed by atoms with Crippen molar-refractivity contribution in [3.63, 3.8) is 0 Å². The summed E-state index contributed by atoms with van der Waals surface area (Å²) in [4.78, 5) is 27.1. The zero-order valence-corrected chi connectivity index (χ0v) is 27.6. The maximum Gasteiger partial charge on any atom is 0.249 e. The van der Waals surface area contributed by atoms with E-state index in [0.29, 0.717) is 31.0 Å². The molecule has 4 aromatic rings. The van der Waals surface area contributed by atoms with Gasteiger partial charge >= 0.3 is 0 Å². The van der Waals surface area contributed by atoms with Crippen LogP contribution in [0.5, 0.6) is 0 Å². The second-order valence-electron chi connectivity index (χ2n) is 11.0. The number of sulfonamides is 1. The summed E-state index contributed by atoms with van der Waals surface area (Å²) < 4.78 is 29.2. The van der Waals surface area contributed by atoms with Gasteiger partial charge in [0.05, 0.1) is 21.6 Å². The number of aromatic amines is 1. The highest BCUT2D eigenvalue weighted by molar-refractivity contribution is 9.10. The van der Waals surface area contributed by atoms with Crippen LogP contribution in [-0.4, -0.2) is 82.0 Å². The number of pyridine rings is 1. The van der Waals surface area contributed by atoms with Gasteiger partial charge in [0.2, 0.25) is 15.9 Å². The van der Waals surface area contributed by atoms with E-state index in [4.69, 9.17) is 4.98 Å². The van der Waals surface area contributed by atoms with Crippen LogP contribution in [0.2, 0.25) is 0 Å². The maximum absolute atomic E-state index is 12.5. The number of halogens is 1. The lowest BCUT2D eigenvalue weighted by Crippen LogP contribution is -2.32. The molecule has 3 aromatic heterocycles. The molecule has 4 heterocycles. The van der Waals surface area contributed by atoms with Gasteiger partial charge in [-0.3, -0.25) is 4.79 Å². The highest BCUT2D eigenvalue weighted by Crippen LogP contribution is 2.35. The lowest BCUT2D eigenvalue weighted by Gasteiger charge is -2.17. The predicted octanol–water partition coefficient (Wildman–Crippen LogP) is 4.95. The minimum atomic E-state index is -3.23. The van der Waals surface area contributed by atoms with E-state index < -0.39 is 10.0 Å². The van der Waals surface area contributed by atoms with Crippen molar-refractivity contribution in [2.45, 2.75) is 40.2 Å². The zero-order chi connectivity index (χ0) is 31.1. The van der Waals surface area contributed by atoms with Crippen molar-refractivity contribution in [3.05, 3.63) is 64.2 Å². The lowest BCUT2D eigenvalue weighted by atomic mass is 10.1. The number of rotatable bonds is 9. The van der Waals surface area contributed by atoms with Crippen molar-refractivity contribution >= 4 is 54.4 Å². The highest BCUT2D eigenvalue weighted by Gasteiger charge is 2.31. The fraction of sp³-hybridized carbons (Fsp3) is 0.367. The fourth-order valence-corrected chi connectivity index (χ4v) is 7.02. The fourth-order valence-electron chi connectivity index (χ4n) is 5.45. The Bertz CT molecular complexity index is 1830. The Hall–Kier alpha value is -3.68. The average Bonchev–Trinajstić information content (AvgIpc) is 3.68. The summed E-state index contributed by atoms with van der Waals surface area (Å²) in [5, 5.41) is 6.52. The number of anilines is 2. The normalized spacial score (nSPS) is 15.9. The van der Waals surface area contributed by atoms with E-state index in [0.717, 1.165) is 49.6 Å². The number of hydrogen-bond donors (Lipinski definition) is 3. The molecule has 0 aliphatic carbocycles. The molecule has 1 amide bonds. The van der Waals surface area contributed by atoms with Gasteiger partial charge in [-0.15, -0.1) is 0 Å². The minimum Gasteiger partial charge on any atom is -0.383 e. The van der Waals surface area contributed by atoms with Crippen molar-refractivity contribution < 1.29 is 13.2 Å². The van der Waals surface area contributed by atoms with E-state index in [2.05, 4.69) is 47.2 Å². The van der Waals surface area contributed by atoms with Crippen LogP contribution in [-0.2, 0) is 14.8 Å². The van der Waals surface area contributed by atoms with E-state index in [1.54, 1.807) is 23.6 Å². The van der Waals surface area contributed by atoms with Crippen LogP contribution in [0.15, 0.2) is 47.2 Å². The molecule has 1 aliphatic heterocycles. The Balaban J connectivity index is 1.46. The molecule has 1 atom stereocenters. The molecule has 11 nitrogen and oxygen atoms in total. The molecule has 0 saturated carbocycles. The van der Waals surface area contributed by atoms with Crippen LogP contribution in [0.4, 0.5) is 11.4 Å². The van der Waals surface area contributed by atoms with Gasteiger partial charge in [0, 0.05) is 74.3 Å². The van der Waals surface area contributed by atoms with Crippen LogP contribution in [0.25, 0.3) is 28.2 Å². The van der Waals surface area contributed by atoms with Crippen molar-refractivity contribution in [3.8, 4) is 17.1 Å². The van der Waals surface area contributed by atoms with Gasteiger partial charge in [-0.2, -0.15) is 4.31 Å². The number of benzene rings is 1. The molecule has 5 rings (SSSR count). The number of nitrogens with zero attached hydrogens (tertiary/aromatic N) is 5. The number of fused-ring (bicyclic) bond motifs is 1. The van der Waals surface area contributed by atoms with Gasteiger partial charge in [-0.25, -0.2) is 18.4 Å². The number of aromatic nitrogens is 4. The molecule has 13 heteroatoms. The van der Waals surface area contributed by atoms with E-state index in [-0.39, 0.29) is 17.7 Å². The molecule has 228 valence electrons. The number of carbonyl (C=O) groups excluding carboxylic acids is 1. The first-order valence-corrected chi connectivity index (χ1v) is 16.5. The molecule has 1 fully saturated rings. The first-order chi connectivity index (χ1) is 20.4. The molecule has 3 N–H and O–H groups in total. The summed E-state index contributed by atoms with van der Waals surface area (Å²) in [7, 11) is 0.497. The summed E-state index contributed by atoms with van der Waals surface area (Å²) in [6, 6.07) is 7.92. The highest BCUT2D eigenvalue weighted by atomic mass is 79.9. The molecular weight excluding hydrogens is 632 g/mol. The Morgan fingerprint density at radius 1 is 1.26 bits per heavy atom. The SMILES string of the molecule is CCS(=O)(=O)N1CC[C@H](Nc2c(Br)cnc3nc(-c4cc(C)n(-c5cccc(NC(=O)C=CN(C)C)c5C)c4C)[nH]c23)C1. The Labute approximate surface area is 260 Å². The second-order valence-corrected chi connectivity index (χ2v) is 14.1. The summed E-state index contributed by atoms with van der Waals surface area (Å²) in [6.45, 7) is 8.67. The maximum atomic E-state index is 12.5. The predicted molar refractivity (Wildman–Crippen MR) is 175 cm³/mol. The quantitative estimate of drug-likeness (QED) is 0.215. The first-order valence-electron chi connectivity index (χ1n) is 14.1. The Kier molecular flexibility index (Phi) is 8.68. The number of nitrogens with one attached hydrogen (secondary N) is 3. The molecule has 0 bridgehead atoms. The molecule has 0 spiro atoms. The van der Waals surface area contributed by atoms with Gasteiger partial charge in [0.1, 0.15) is 11.3 Å². The zero-order valence-electron chi connectivity index (χ0n) is 25.2. The van der Waals surface area contributed by atoms with E-state index in [1.165, 1.54) is 6.08 Å².